The van der Waals surface area contributed by atoms with Gasteiger partial charge in [0.15, 0.2) is 4.90 Å². The topological polar surface area (TPSA) is 140 Å². The van der Waals surface area contributed by atoms with Gasteiger partial charge in [0.05, 0.1) is 0 Å². The van der Waals surface area contributed by atoms with E-state index in [9.17, 15) is 22.8 Å². The van der Waals surface area contributed by atoms with Crippen LogP contribution in [0.1, 0.15) is 19.3 Å². The third-order valence-corrected chi connectivity index (χ3v) is 5.22. The number of aromatic nitrogens is 2. The number of nitrogens with zero attached hydrogens (tertiary/aromatic N) is 1. The molecule has 1 aliphatic rings. The molecule has 1 fully saturated rings. The molecule has 1 unspecified atom stereocenters. The summed E-state index contributed by atoms with van der Waals surface area (Å²) in [5.74, 6) is -1.27. The van der Waals surface area contributed by atoms with Gasteiger partial charge in [-0.05, 0) is 18.8 Å². The molecule has 0 aliphatic carbocycles. The average molecular weight is 317 g/mol. The lowest BCUT2D eigenvalue weighted by atomic mass is 9.96. The van der Waals surface area contributed by atoms with Gasteiger partial charge in [0.1, 0.15) is 0 Å². The molecule has 0 aromatic carbocycles. The molecule has 2 heterocycles. The fourth-order valence-corrected chi connectivity index (χ4v) is 3.93. The molecule has 0 radical (unpaired) electrons. The number of nitrogens with one attached hydrogen (secondary N) is 2. The minimum absolute atomic E-state index is 0.0488. The summed E-state index contributed by atoms with van der Waals surface area (Å²) in [6.07, 6.45) is 1.89. The van der Waals surface area contributed by atoms with Crippen molar-refractivity contribution in [3.05, 3.63) is 27.0 Å². The SMILES string of the molecule is O=C(O)CC1CCCN(S(=O)(=O)c2c[nH]c(=O)[nH]c2=O)C1. The minimum atomic E-state index is -4.05. The Morgan fingerprint density at radius 3 is 2.76 bits per heavy atom. The predicted molar refractivity (Wildman–Crippen MR) is 71.4 cm³/mol. The Bertz CT molecular complexity index is 750. The molecule has 0 spiro atoms. The molecule has 3 N–H and O–H groups in total. The molecule has 1 aromatic rings. The number of carboxylic acids is 1. The first-order chi connectivity index (χ1) is 9.80. The first-order valence-corrected chi connectivity index (χ1v) is 7.78. The van der Waals surface area contributed by atoms with Gasteiger partial charge in [-0.3, -0.25) is 14.6 Å². The maximum atomic E-state index is 12.4. The van der Waals surface area contributed by atoms with E-state index >= 15 is 0 Å². The number of carboxylic acid groups (broad SMARTS) is 1. The Morgan fingerprint density at radius 1 is 1.43 bits per heavy atom. The van der Waals surface area contributed by atoms with Crippen molar-refractivity contribution in [3.8, 4) is 0 Å². The summed E-state index contributed by atoms with van der Waals surface area (Å²) in [6.45, 7) is 0.268. The number of aliphatic carboxylic acids is 1. The van der Waals surface area contributed by atoms with Crippen LogP contribution < -0.4 is 11.2 Å². The standard InChI is InChI=1S/C11H15N3O6S/c15-9(16)4-7-2-1-3-14(6-7)21(19,20)8-5-12-11(18)13-10(8)17/h5,7H,1-4,6H2,(H,15,16)(H2,12,13,17,18). The van der Waals surface area contributed by atoms with Gasteiger partial charge in [0.25, 0.3) is 5.56 Å². The maximum Gasteiger partial charge on any atom is 0.325 e. The maximum absolute atomic E-state index is 12.4. The monoisotopic (exact) mass is 317 g/mol. The largest absolute Gasteiger partial charge is 0.481 e. The highest BCUT2D eigenvalue weighted by atomic mass is 32.2. The normalized spacial score (nSPS) is 20.3. The Hall–Kier alpha value is -1.94. The number of H-pyrrole nitrogens is 2. The third-order valence-electron chi connectivity index (χ3n) is 3.35. The molecule has 2 rings (SSSR count). The number of aromatic amines is 2. The number of hydrogen-bond acceptors (Lipinski definition) is 5. The highest BCUT2D eigenvalue weighted by molar-refractivity contribution is 7.89. The van der Waals surface area contributed by atoms with Crippen molar-refractivity contribution < 1.29 is 18.3 Å². The van der Waals surface area contributed by atoms with Crippen molar-refractivity contribution >= 4 is 16.0 Å². The Balaban J connectivity index is 2.28. The molecule has 116 valence electrons. The van der Waals surface area contributed by atoms with Gasteiger partial charge in [-0.15, -0.1) is 0 Å². The Labute approximate surface area is 119 Å². The highest BCUT2D eigenvalue weighted by Gasteiger charge is 2.32. The van der Waals surface area contributed by atoms with Crippen molar-refractivity contribution in [1.82, 2.24) is 14.3 Å². The van der Waals surface area contributed by atoms with Crippen LogP contribution in [0.2, 0.25) is 0 Å². The molecule has 1 atom stereocenters. The van der Waals surface area contributed by atoms with Crippen LogP contribution in [0.4, 0.5) is 0 Å². The van der Waals surface area contributed by atoms with Crippen molar-refractivity contribution in [3.63, 3.8) is 0 Å². The van der Waals surface area contributed by atoms with E-state index < -0.39 is 32.1 Å². The number of rotatable bonds is 4. The van der Waals surface area contributed by atoms with E-state index in [1.165, 1.54) is 0 Å². The van der Waals surface area contributed by atoms with Crippen molar-refractivity contribution in [1.29, 1.82) is 0 Å². The van der Waals surface area contributed by atoms with Gasteiger partial charge in [0.2, 0.25) is 10.0 Å². The molecule has 1 aliphatic heterocycles. The van der Waals surface area contributed by atoms with Crippen LogP contribution in [0.3, 0.4) is 0 Å². The smallest absolute Gasteiger partial charge is 0.325 e. The summed E-state index contributed by atoms with van der Waals surface area (Å²) in [5.41, 5.74) is -1.78. The second-order valence-electron chi connectivity index (χ2n) is 4.91. The number of hydrogen-bond donors (Lipinski definition) is 3. The van der Waals surface area contributed by atoms with E-state index in [0.29, 0.717) is 12.8 Å². The Morgan fingerprint density at radius 2 is 2.14 bits per heavy atom. The van der Waals surface area contributed by atoms with Crippen molar-refractivity contribution in [2.75, 3.05) is 13.1 Å². The zero-order chi connectivity index (χ0) is 15.6. The second-order valence-corrected chi connectivity index (χ2v) is 6.81. The van der Waals surface area contributed by atoms with Crippen LogP contribution in [-0.2, 0) is 14.8 Å². The Kier molecular flexibility index (Phi) is 4.28. The summed E-state index contributed by atoms with van der Waals surface area (Å²) in [7, 11) is -4.05. The van der Waals surface area contributed by atoms with Gasteiger partial charge in [-0.25, -0.2) is 13.2 Å². The first kappa shape index (κ1) is 15.4. The first-order valence-electron chi connectivity index (χ1n) is 6.34. The molecule has 9 nitrogen and oxygen atoms in total. The van der Waals surface area contributed by atoms with E-state index in [-0.39, 0.29) is 25.4 Å². The summed E-state index contributed by atoms with van der Waals surface area (Å²) in [5, 5.41) is 8.78. The minimum Gasteiger partial charge on any atom is -0.481 e. The molecule has 0 bridgehead atoms. The fraction of sp³-hybridized carbons (Fsp3) is 0.545. The van der Waals surface area contributed by atoms with Gasteiger partial charge < -0.3 is 10.1 Å². The summed E-state index contributed by atoms with van der Waals surface area (Å²) < 4.78 is 25.9. The molecule has 1 saturated heterocycles. The van der Waals surface area contributed by atoms with E-state index in [2.05, 4.69) is 4.98 Å². The van der Waals surface area contributed by atoms with Crippen molar-refractivity contribution in [2.24, 2.45) is 5.92 Å². The molecule has 0 saturated carbocycles. The van der Waals surface area contributed by atoms with Crippen LogP contribution in [0.5, 0.6) is 0 Å². The molecule has 10 heteroatoms. The van der Waals surface area contributed by atoms with Gasteiger partial charge in [-0.1, -0.05) is 0 Å². The van der Waals surface area contributed by atoms with E-state index in [0.717, 1.165) is 10.5 Å². The number of sulfonamides is 1. The predicted octanol–water partition coefficient (Wildman–Crippen LogP) is -1.06. The molecule has 1 aromatic heterocycles. The van der Waals surface area contributed by atoms with Gasteiger partial charge >= 0.3 is 11.7 Å². The zero-order valence-corrected chi connectivity index (χ0v) is 11.9. The average Bonchev–Trinajstić information content (AvgIpc) is 2.37. The quantitative estimate of drug-likeness (QED) is 0.646. The van der Waals surface area contributed by atoms with Gasteiger partial charge in [-0.2, -0.15) is 4.31 Å². The van der Waals surface area contributed by atoms with Crippen LogP contribution >= 0.6 is 0 Å². The lowest BCUT2D eigenvalue weighted by Crippen LogP contribution is -2.42. The van der Waals surface area contributed by atoms with Crippen molar-refractivity contribution in [2.45, 2.75) is 24.2 Å². The van der Waals surface area contributed by atoms with E-state index in [4.69, 9.17) is 5.11 Å². The summed E-state index contributed by atoms with van der Waals surface area (Å²) in [6, 6.07) is 0. The number of carbonyl (C=O) groups is 1. The highest BCUT2D eigenvalue weighted by Crippen LogP contribution is 2.23. The van der Waals surface area contributed by atoms with Crippen LogP contribution in [0, 0.1) is 5.92 Å². The van der Waals surface area contributed by atoms with E-state index in [1.54, 1.807) is 0 Å². The number of piperidine rings is 1. The summed E-state index contributed by atoms with van der Waals surface area (Å²) >= 11 is 0. The van der Waals surface area contributed by atoms with Crippen LogP contribution in [0.15, 0.2) is 20.7 Å². The zero-order valence-electron chi connectivity index (χ0n) is 11.0. The molecular weight excluding hydrogens is 302 g/mol. The van der Waals surface area contributed by atoms with Crippen LogP contribution in [-0.4, -0.2) is 46.9 Å². The third kappa shape index (κ3) is 3.39. The molecule has 21 heavy (non-hydrogen) atoms. The van der Waals surface area contributed by atoms with E-state index in [1.807, 2.05) is 4.98 Å². The fourth-order valence-electron chi connectivity index (χ4n) is 2.39. The van der Waals surface area contributed by atoms with Crippen LogP contribution in [0.25, 0.3) is 0 Å². The molecular formula is C11H15N3O6S. The molecule has 0 amide bonds. The van der Waals surface area contributed by atoms with Gasteiger partial charge in [0, 0.05) is 25.7 Å². The lowest BCUT2D eigenvalue weighted by Gasteiger charge is -2.30. The lowest BCUT2D eigenvalue weighted by molar-refractivity contribution is -0.138. The summed E-state index contributed by atoms with van der Waals surface area (Å²) in [4.78, 5) is 36.7. The second kappa shape index (κ2) is 5.82.